The lowest BCUT2D eigenvalue weighted by Gasteiger charge is -2.27. The van der Waals surface area contributed by atoms with E-state index in [-0.39, 0.29) is 31.6 Å². The van der Waals surface area contributed by atoms with Gasteiger partial charge in [-0.05, 0) is 75.8 Å². The second-order valence-corrected chi connectivity index (χ2v) is 13.7. The van der Waals surface area contributed by atoms with Gasteiger partial charge >= 0.3 is 12.1 Å². The standard InChI is InChI=1S/C38H46ClN5O6/c1-38(2,3)50-37(47)43(25-26-14-15-29(31(39)21-26)27-11-6-5-7-12-27)19-16-34(45)41-18-10-17-40-32-22-28(36(46)48-4)23-33-30(32)24-42-44(33)35-13-8-9-20-49-35/h5-7,11-12,14-15,21-24,35,40H,8-10,13,16-20,25H2,1-4H3,(H,41,45). The van der Waals surface area contributed by atoms with Gasteiger partial charge in [0.2, 0.25) is 5.91 Å². The summed E-state index contributed by atoms with van der Waals surface area (Å²) >= 11 is 6.64. The highest BCUT2D eigenvalue weighted by Gasteiger charge is 2.24. The topological polar surface area (TPSA) is 124 Å². The van der Waals surface area contributed by atoms with Crippen LogP contribution < -0.4 is 10.6 Å². The van der Waals surface area contributed by atoms with Crippen molar-refractivity contribution in [3.05, 3.63) is 83.0 Å². The van der Waals surface area contributed by atoms with Crippen LogP contribution in [0, 0.1) is 0 Å². The molecule has 0 bridgehead atoms. The van der Waals surface area contributed by atoms with Gasteiger partial charge in [0, 0.05) is 60.9 Å². The van der Waals surface area contributed by atoms with Crippen LogP contribution in [0.25, 0.3) is 22.0 Å². The van der Waals surface area contributed by atoms with Crippen LogP contribution >= 0.6 is 11.6 Å². The molecule has 0 spiro atoms. The van der Waals surface area contributed by atoms with Crippen molar-refractivity contribution in [3.63, 3.8) is 0 Å². The molecule has 1 aliphatic rings. The van der Waals surface area contributed by atoms with E-state index in [2.05, 4.69) is 15.7 Å². The minimum Gasteiger partial charge on any atom is -0.465 e. The molecule has 1 aromatic heterocycles. The van der Waals surface area contributed by atoms with Crippen LogP contribution in [0.1, 0.15) is 75.0 Å². The number of benzene rings is 3. The van der Waals surface area contributed by atoms with E-state index < -0.39 is 17.7 Å². The molecule has 1 aliphatic heterocycles. The number of rotatable bonds is 13. The molecular weight excluding hydrogens is 658 g/mol. The predicted molar refractivity (Wildman–Crippen MR) is 194 cm³/mol. The highest BCUT2D eigenvalue weighted by atomic mass is 35.5. The molecule has 0 aliphatic carbocycles. The molecule has 4 aromatic rings. The van der Waals surface area contributed by atoms with Gasteiger partial charge in [-0.3, -0.25) is 4.79 Å². The summed E-state index contributed by atoms with van der Waals surface area (Å²) in [6, 6.07) is 19.1. The van der Waals surface area contributed by atoms with Crippen molar-refractivity contribution in [2.75, 3.05) is 38.7 Å². The van der Waals surface area contributed by atoms with Crippen molar-refractivity contribution in [2.24, 2.45) is 0 Å². The Balaban J connectivity index is 1.16. The number of nitrogens with one attached hydrogen (secondary N) is 2. The van der Waals surface area contributed by atoms with Gasteiger partial charge < -0.3 is 29.7 Å². The van der Waals surface area contributed by atoms with Crippen LogP contribution in [0.3, 0.4) is 0 Å². The van der Waals surface area contributed by atoms with E-state index in [4.69, 9.17) is 25.8 Å². The zero-order valence-corrected chi connectivity index (χ0v) is 29.9. The number of methoxy groups -OCH3 is 1. The van der Waals surface area contributed by atoms with E-state index in [9.17, 15) is 14.4 Å². The molecule has 1 unspecified atom stereocenters. The number of fused-ring (bicyclic) bond motifs is 1. The number of ether oxygens (including phenoxy) is 3. The fourth-order valence-electron chi connectivity index (χ4n) is 5.83. The number of halogens is 1. The summed E-state index contributed by atoms with van der Waals surface area (Å²) in [4.78, 5) is 40.0. The fraction of sp³-hybridized carbons (Fsp3) is 0.421. The first-order chi connectivity index (χ1) is 24.0. The van der Waals surface area contributed by atoms with Gasteiger partial charge in [0.05, 0.1) is 24.4 Å². The van der Waals surface area contributed by atoms with Crippen molar-refractivity contribution < 1.29 is 28.6 Å². The van der Waals surface area contributed by atoms with Gasteiger partial charge in [-0.15, -0.1) is 0 Å². The maximum Gasteiger partial charge on any atom is 0.410 e. The molecule has 2 heterocycles. The van der Waals surface area contributed by atoms with Crippen molar-refractivity contribution in [3.8, 4) is 11.1 Å². The highest BCUT2D eigenvalue weighted by molar-refractivity contribution is 6.33. The molecule has 3 aromatic carbocycles. The Morgan fingerprint density at radius 2 is 1.86 bits per heavy atom. The van der Waals surface area contributed by atoms with E-state index in [1.54, 1.807) is 18.3 Å². The SMILES string of the molecule is COC(=O)c1cc(NCCCNC(=O)CCN(Cc2ccc(-c3ccccc3)c(Cl)c2)C(=O)OC(C)(C)C)c2cnn(C3CCCCO3)c2c1. The third-order valence-electron chi connectivity index (χ3n) is 8.31. The van der Waals surface area contributed by atoms with Gasteiger partial charge in [0.15, 0.2) is 6.23 Å². The normalized spacial score (nSPS) is 14.6. The quantitative estimate of drug-likeness (QED) is 0.108. The van der Waals surface area contributed by atoms with Crippen LogP contribution in [-0.4, -0.2) is 71.6 Å². The maximum absolute atomic E-state index is 13.1. The Hall–Kier alpha value is -4.61. The maximum atomic E-state index is 13.1. The summed E-state index contributed by atoms with van der Waals surface area (Å²) in [5.41, 5.74) is 4.00. The van der Waals surface area contributed by atoms with Gasteiger partial charge in [-0.2, -0.15) is 5.10 Å². The zero-order valence-electron chi connectivity index (χ0n) is 29.2. The first-order valence-corrected chi connectivity index (χ1v) is 17.4. The van der Waals surface area contributed by atoms with E-state index in [0.717, 1.165) is 52.5 Å². The first-order valence-electron chi connectivity index (χ1n) is 17.1. The number of hydrogen-bond donors (Lipinski definition) is 2. The number of nitrogens with zero attached hydrogens (tertiary/aromatic N) is 3. The van der Waals surface area contributed by atoms with Gasteiger partial charge in [-0.25, -0.2) is 14.3 Å². The lowest BCUT2D eigenvalue weighted by Crippen LogP contribution is -2.39. The van der Waals surface area contributed by atoms with E-state index in [1.165, 1.54) is 12.0 Å². The van der Waals surface area contributed by atoms with E-state index >= 15 is 0 Å². The minimum absolute atomic E-state index is 0.104. The Morgan fingerprint density at radius 3 is 2.56 bits per heavy atom. The molecule has 1 fully saturated rings. The van der Waals surface area contributed by atoms with Gasteiger partial charge in [-0.1, -0.05) is 54.1 Å². The van der Waals surface area contributed by atoms with Crippen LogP contribution in [-0.2, 0) is 25.5 Å². The Kier molecular flexibility index (Phi) is 12.4. The minimum atomic E-state index is -0.691. The molecule has 50 heavy (non-hydrogen) atoms. The summed E-state index contributed by atoms with van der Waals surface area (Å²) in [7, 11) is 1.36. The van der Waals surface area contributed by atoms with Crippen molar-refractivity contribution in [1.82, 2.24) is 20.0 Å². The number of anilines is 1. The molecule has 1 atom stereocenters. The first kappa shape index (κ1) is 36.7. The zero-order chi connectivity index (χ0) is 35.7. The molecule has 5 rings (SSSR count). The van der Waals surface area contributed by atoms with Crippen molar-refractivity contribution in [1.29, 1.82) is 0 Å². The molecule has 266 valence electrons. The monoisotopic (exact) mass is 703 g/mol. The number of carbonyl (C=O) groups is 3. The average molecular weight is 704 g/mol. The molecule has 12 heteroatoms. The second kappa shape index (κ2) is 16.9. The predicted octanol–water partition coefficient (Wildman–Crippen LogP) is 7.59. The molecular formula is C38H46ClN5O6. The van der Waals surface area contributed by atoms with Crippen LogP contribution in [0.15, 0.2) is 66.9 Å². The molecule has 0 saturated carbocycles. The molecule has 2 amide bonds. The van der Waals surface area contributed by atoms with Gasteiger partial charge in [0.25, 0.3) is 0 Å². The number of carbonyl (C=O) groups excluding carboxylic acids is 3. The molecule has 1 saturated heterocycles. The average Bonchev–Trinajstić information content (AvgIpc) is 3.54. The smallest absolute Gasteiger partial charge is 0.410 e. The summed E-state index contributed by atoms with van der Waals surface area (Å²) in [5.74, 6) is -0.618. The summed E-state index contributed by atoms with van der Waals surface area (Å²) in [5, 5.41) is 12.4. The largest absolute Gasteiger partial charge is 0.465 e. The fourth-order valence-corrected chi connectivity index (χ4v) is 6.14. The molecule has 11 nitrogen and oxygen atoms in total. The van der Waals surface area contributed by atoms with Crippen LogP contribution in [0.4, 0.5) is 10.5 Å². The van der Waals surface area contributed by atoms with Crippen LogP contribution in [0.2, 0.25) is 5.02 Å². The van der Waals surface area contributed by atoms with E-state index in [1.807, 2.05) is 74.0 Å². The Morgan fingerprint density at radius 1 is 1.06 bits per heavy atom. The number of amides is 2. The number of hydrogen-bond acceptors (Lipinski definition) is 8. The molecule has 2 N–H and O–H groups in total. The van der Waals surface area contributed by atoms with Crippen molar-refractivity contribution in [2.45, 2.75) is 71.2 Å². The lowest BCUT2D eigenvalue weighted by atomic mass is 10.0. The summed E-state index contributed by atoms with van der Waals surface area (Å²) in [6.07, 6.45) is 4.75. The Bertz CT molecular complexity index is 1780. The van der Waals surface area contributed by atoms with Crippen LogP contribution in [0.5, 0.6) is 0 Å². The molecule has 0 radical (unpaired) electrons. The highest BCUT2D eigenvalue weighted by Crippen LogP contribution is 2.32. The second-order valence-electron chi connectivity index (χ2n) is 13.3. The van der Waals surface area contributed by atoms with Gasteiger partial charge in [0.1, 0.15) is 5.60 Å². The summed E-state index contributed by atoms with van der Waals surface area (Å²) in [6.45, 7) is 7.47. The van der Waals surface area contributed by atoms with Crippen molar-refractivity contribution >= 4 is 46.2 Å². The third kappa shape index (κ3) is 9.76. The lowest BCUT2D eigenvalue weighted by molar-refractivity contribution is -0.121. The Labute approximate surface area is 298 Å². The number of aromatic nitrogens is 2. The third-order valence-corrected chi connectivity index (χ3v) is 8.62. The van der Waals surface area contributed by atoms with E-state index in [0.29, 0.717) is 36.7 Å². The summed E-state index contributed by atoms with van der Waals surface area (Å²) < 4.78 is 18.4. The number of esters is 1.